The number of benzene rings is 3. The van der Waals surface area contributed by atoms with Gasteiger partial charge in [-0.25, -0.2) is 14.4 Å². The van der Waals surface area contributed by atoms with E-state index in [-0.39, 0.29) is 105 Å². The number of Topliss-reactive ketones (excluding diaryl/α,β-unsaturated/α-hetero) is 1. The molecule has 0 aromatic heterocycles. The third kappa shape index (κ3) is 17.5. The van der Waals surface area contributed by atoms with Crippen molar-refractivity contribution >= 4 is 70.8 Å². The number of urea groups is 1. The van der Waals surface area contributed by atoms with Gasteiger partial charge in [-0.1, -0.05) is 30.7 Å². The Hall–Kier alpha value is -8.85. The lowest BCUT2D eigenvalue weighted by atomic mass is 9.72. The Labute approximate surface area is 540 Å². The maximum atomic E-state index is 14.3. The average Bonchev–Trinajstić information content (AvgIpc) is 0.769. The fourth-order valence-electron chi connectivity index (χ4n) is 11.6. The predicted octanol–water partition coefficient (Wildman–Crippen LogP) is 2.05. The number of primary amides is 1. The molecule has 3 fully saturated rings. The zero-order valence-electron chi connectivity index (χ0n) is 52.9. The molecule has 0 saturated carbocycles. The smallest absolute Gasteiger partial charge is 0.409 e. The predicted molar refractivity (Wildman–Crippen MR) is 327 cm³/mol. The van der Waals surface area contributed by atoms with Crippen LogP contribution in [-0.4, -0.2) is 219 Å². The number of unbranched alkanes of at least 4 members (excludes halogenated alkanes) is 2. The van der Waals surface area contributed by atoms with Gasteiger partial charge in [-0.2, -0.15) is 0 Å². The SMILES string of the molecule is COc1cccc2c1C(=O)c1c(O)c3c(c(O)c1C2=O)C[C@@](O)(C(=O)COC(=O)N(C)CCN(C)C(=O)OCc1ccc(NC(=O)[C@H](CCCNC(N)=O)NC(=O)CNC(=O)CCCCCN2C(=O)CCC2=O)cc1)C[C@@H]3O[C@H]1CC[C@H](O[C@H]2NCCO[C@@H]2OC)[C@H](C)O1. The molecular weight excluding hydrogens is 1230 g/mol. The summed E-state index contributed by atoms with van der Waals surface area (Å²) < 4.78 is 46.3. The van der Waals surface area contributed by atoms with Gasteiger partial charge in [0.1, 0.15) is 35.5 Å². The number of hydrogen-bond acceptors (Lipinski definition) is 23. The van der Waals surface area contributed by atoms with Gasteiger partial charge in [0.25, 0.3) is 0 Å². The van der Waals surface area contributed by atoms with Crippen molar-refractivity contribution in [2.24, 2.45) is 5.73 Å². The number of methoxy groups -OCH3 is 2. The lowest BCUT2D eigenvalue weighted by molar-refractivity contribution is -0.281. The Bertz CT molecular complexity index is 3330. The zero-order valence-corrected chi connectivity index (χ0v) is 52.9. The van der Waals surface area contributed by atoms with E-state index in [1.165, 1.54) is 68.4 Å². The number of imide groups is 1. The number of nitrogens with two attached hydrogens (primary N) is 1. The molecule has 3 aromatic rings. The first-order valence-electron chi connectivity index (χ1n) is 31.0. The molecule has 10 N–H and O–H groups in total. The summed E-state index contributed by atoms with van der Waals surface area (Å²) in [5, 5.41) is 49.9. The van der Waals surface area contributed by atoms with Gasteiger partial charge < -0.3 is 90.0 Å². The van der Waals surface area contributed by atoms with Gasteiger partial charge in [0.2, 0.25) is 41.1 Å². The van der Waals surface area contributed by atoms with E-state index in [1.807, 2.05) is 0 Å². The van der Waals surface area contributed by atoms with Crippen LogP contribution in [0.3, 0.4) is 0 Å². The summed E-state index contributed by atoms with van der Waals surface area (Å²) >= 11 is 0. The number of likely N-dealkylation sites (tertiary alicyclic amines) is 1. The van der Waals surface area contributed by atoms with Crippen molar-refractivity contribution in [3.63, 3.8) is 0 Å². The van der Waals surface area contributed by atoms with Crippen molar-refractivity contribution in [1.82, 2.24) is 36.0 Å². The van der Waals surface area contributed by atoms with Crippen LogP contribution in [0.1, 0.15) is 132 Å². The Balaban J connectivity index is 0.819. The van der Waals surface area contributed by atoms with Crippen LogP contribution in [0.5, 0.6) is 17.2 Å². The van der Waals surface area contributed by atoms with Crippen LogP contribution < -0.4 is 37.1 Å². The van der Waals surface area contributed by atoms with E-state index in [0.29, 0.717) is 56.6 Å². The van der Waals surface area contributed by atoms with Crippen molar-refractivity contribution in [3.05, 3.63) is 81.4 Å². The number of nitrogens with one attached hydrogen (secondary N) is 5. The van der Waals surface area contributed by atoms with Gasteiger partial charge in [0.05, 0.1) is 55.3 Å². The minimum Gasteiger partial charge on any atom is -0.507 e. The molecule has 3 aromatic carbocycles. The summed E-state index contributed by atoms with van der Waals surface area (Å²) in [5.74, 6) is -6.26. The van der Waals surface area contributed by atoms with Crippen molar-refractivity contribution in [3.8, 4) is 17.2 Å². The number of carbonyl (C=O) groups excluding carboxylic acids is 11. The third-order valence-corrected chi connectivity index (χ3v) is 16.8. The van der Waals surface area contributed by atoms with Gasteiger partial charge in [0, 0.05) is 115 Å². The van der Waals surface area contributed by atoms with E-state index in [9.17, 15) is 68.1 Å². The largest absolute Gasteiger partial charge is 0.507 e. The van der Waals surface area contributed by atoms with E-state index in [0.717, 1.165) is 4.90 Å². The van der Waals surface area contributed by atoms with Crippen LogP contribution in [0, 0.1) is 0 Å². The number of ketones is 3. The number of rotatable bonds is 29. The molecule has 94 heavy (non-hydrogen) atoms. The van der Waals surface area contributed by atoms with Crippen molar-refractivity contribution < 1.29 is 106 Å². The standard InChI is InChI=1S/C63H81N9O22/c1-34-40(94-58-59(88-5)89-28-24-65-58)19-22-48(92-34)93-42-30-63(86,29-38-50(42)56(81)52-51(54(38)79)53(78)37-11-9-13-41(87-4)49(37)55(52)80)43(73)33-91-62(85)71(3)27-26-70(2)61(84)90-32-35-15-17-36(18-16-35)68-57(82)39(12-10-23-66-60(64)83)69-45(75)31-67-44(74)14-7-6-8-25-72-46(76)20-21-47(72)77/h9,11,13,15-18,34,39-40,42,48,58-59,65,79,81,86H,6-8,10,12,14,19-33H2,1-5H3,(H,67,74)(H,68,82)(H,69,75)(H3,64,66,83)/t34-,39-,40-,42-,48-,58+,59-,63-/m0/s1. The first kappa shape index (κ1) is 71.0. The number of nitrogens with zero attached hydrogens (tertiary/aromatic N) is 3. The number of anilines is 1. The fraction of sp³-hybridized carbons (Fsp3) is 0.540. The zero-order chi connectivity index (χ0) is 68.0. The molecule has 0 spiro atoms. The highest BCUT2D eigenvalue weighted by molar-refractivity contribution is 6.31. The number of morpholine rings is 1. The summed E-state index contributed by atoms with van der Waals surface area (Å²) in [6.07, 6.45) is -5.06. The second kappa shape index (κ2) is 32.3. The van der Waals surface area contributed by atoms with Crippen molar-refractivity contribution in [1.29, 1.82) is 0 Å². The van der Waals surface area contributed by atoms with E-state index >= 15 is 0 Å². The minimum absolute atomic E-state index is 0.0430. The fourth-order valence-corrected chi connectivity index (χ4v) is 11.6. The lowest BCUT2D eigenvalue weighted by Gasteiger charge is -2.42. The highest BCUT2D eigenvalue weighted by Crippen LogP contribution is 2.53. The number of phenolic OH excluding ortho intramolecular Hbond substituents is 2. The third-order valence-electron chi connectivity index (χ3n) is 16.8. The molecule has 3 heterocycles. The molecule has 31 heteroatoms. The summed E-state index contributed by atoms with van der Waals surface area (Å²) in [5.41, 5.74) is 1.72. The van der Waals surface area contributed by atoms with Crippen molar-refractivity contribution in [2.75, 3.05) is 86.1 Å². The van der Waals surface area contributed by atoms with Crippen LogP contribution in [-0.2, 0) is 75.0 Å². The van der Waals surface area contributed by atoms with Gasteiger partial charge in [-0.05, 0) is 62.8 Å². The number of hydrogen-bond donors (Lipinski definition) is 9. The highest BCUT2D eigenvalue weighted by atomic mass is 16.7. The summed E-state index contributed by atoms with van der Waals surface area (Å²) in [7, 11) is 5.55. The number of aromatic hydroxyl groups is 2. The van der Waals surface area contributed by atoms with Gasteiger partial charge in [-0.3, -0.25) is 48.6 Å². The second-order valence-electron chi connectivity index (χ2n) is 23.4. The molecule has 0 radical (unpaired) electrons. The molecule has 8 rings (SSSR count). The number of likely N-dealkylation sites (N-methyl/N-ethyl adjacent to an activating group) is 2. The monoisotopic (exact) mass is 1320 g/mol. The Morgan fingerprint density at radius 3 is 2.21 bits per heavy atom. The molecule has 0 unspecified atom stereocenters. The summed E-state index contributed by atoms with van der Waals surface area (Å²) in [6.45, 7) is 1.24. The van der Waals surface area contributed by atoms with Gasteiger partial charge in [-0.15, -0.1) is 0 Å². The minimum atomic E-state index is -2.48. The molecule has 0 bridgehead atoms. The first-order valence-corrected chi connectivity index (χ1v) is 31.0. The maximum Gasteiger partial charge on any atom is 0.409 e. The lowest BCUT2D eigenvalue weighted by Crippen LogP contribution is -2.54. The number of fused-ring (bicyclic) bond motifs is 3. The average molecular weight is 1320 g/mol. The normalized spacial score (nSPS) is 21.8. The number of amides is 9. The Morgan fingerprint density at radius 1 is 0.830 bits per heavy atom. The van der Waals surface area contributed by atoms with Crippen LogP contribution in [0.2, 0.25) is 0 Å². The highest BCUT2D eigenvalue weighted by Gasteiger charge is 2.51. The molecule has 8 atom stereocenters. The van der Waals surface area contributed by atoms with Crippen LogP contribution in [0.4, 0.5) is 20.1 Å². The van der Waals surface area contributed by atoms with Crippen LogP contribution in [0.15, 0.2) is 42.5 Å². The number of aliphatic hydroxyl groups is 1. The quantitative estimate of drug-likeness (QED) is 0.0213. The first-order chi connectivity index (χ1) is 44.9. The van der Waals surface area contributed by atoms with Crippen molar-refractivity contribution in [2.45, 2.75) is 139 Å². The number of carbonyl (C=O) groups is 11. The molecule has 3 saturated heterocycles. The molecule has 3 aliphatic heterocycles. The topological polar surface area (TPSA) is 418 Å². The second-order valence-corrected chi connectivity index (χ2v) is 23.4. The van der Waals surface area contributed by atoms with Gasteiger partial charge in [0.15, 0.2) is 31.2 Å². The van der Waals surface area contributed by atoms with E-state index in [4.69, 9.17) is 43.6 Å². The molecule has 9 amide bonds. The van der Waals surface area contributed by atoms with E-state index in [2.05, 4.69) is 26.6 Å². The Morgan fingerprint density at radius 2 is 1.53 bits per heavy atom. The Kier molecular flexibility index (Phi) is 24.4. The summed E-state index contributed by atoms with van der Waals surface area (Å²) in [6, 6.07) is 8.67. The summed E-state index contributed by atoms with van der Waals surface area (Å²) in [4.78, 5) is 146. The molecular formula is C63H81N9O22. The molecule has 2 aliphatic carbocycles. The number of phenols is 2. The number of ether oxygens (including phenoxy) is 8. The van der Waals surface area contributed by atoms with Crippen LogP contribution >= 0.6 is 0 Å². The van der Waals surface area contributed by atoms with Crippen LogP contribution in [0.25, 0.3) is 0 Å². The van der Waals surface area contributed by atoms with E-state index < -0.39 is 151 Å². The molecule has 5 aliphatic rings. The maximum absolute atomic E-state index is 14.3. The van der Waals surface area contributed by atoms with Gasteiger partial charge >= 0.3 is 18.2 Å². The molecule has 31 nitrogen and oxygen atoms in total. The molecule has 510 valence electrons. The van der Waals surface area contributed by atoms with E-state index in [1.54, 1.807) is 19.1 Å².